The second-order valence-corrected chi connectivity index (χ2v) is 13.4. The maximum atomic E-state index is 12.1. The summed E-state index contributed by atoms with van der Waals surface area (Å²) in [6.45, 7) is 12.8. The number of thiophene rings is 1. The molecule has 0 bridgehead atoms. The lowest BCUT2D eigenvalue weighted by atomic mass is 10.0. The Labute approximate surface area is 323 Å². The van der Waals surface area contributed by atoms with Gasteiger partial charge in [-0.1, -0.05) is 31.2 Å². The third-order valence-corrected chi connectivity index (χ3v) is 9.17. The van der Waals surface area contributed by atoms with Crippen molar-refractivity contribution in [3.63, 3.8) is 0 Å². The minimum atomic E-state index is -0.432. The summed E-state index contributed by atoms with van der Waals surface area (Å²) in [6.07, 6.45) is 10.2. The van der Waals surface area contributed by atoms with Gasteiger partial charge < -0.3 is 33.4 Å². The van der Waals surface area contributed by atoms with E-state index >= 15 is 0 Å². The predicted molar refractivity (Wildman–Crippen MR) is 207 cm³/mol. The Balaban J connectivity index is 1.90. The van der Waals surface area contributed by atoms with E-state index in [0.29, 0.717) is 79.1 Å². The molecule has 2 rings (SSSR count). The number of anilines is 1. The van der Waals surface area contributed by atoms with E-state index in [1.54, 1.807) is 6.92 Å². The Morgan fingerprint density at radius 2 is 1.43 bits per heavy atom. The number of hydrogen-bond donors (Lipinski definition) is 0. The summed E-state index contributed by atoms with van der Waals surface area (Å²) in [4.78, 5) is 37.8. The number of esters is 2. The van der Waals surface area contributed by atoms with Gasteiger partial charge in [0, 0.05) is 31.1 Å². The molecule has 0 fully saturated rings. The quantitative estimate of drug-likeness (QED) is 0.0288. The number of ether oxygens (including phenoxy) is 5. The molecule has 0 saturated carbocycles. The van der Waals surface area contributed by atoms with Gasteiger partial charge in [-0.2, -0.15) is 10.5 Å². The van der Waals surface area contributed by atoms with E-state index in [-0.39, 0.29) is 44.7 Å². The number of allylic oxidation sites excluding steroid dienone is 4. The molecule has 292 valence electrons. The van der Waals surface area contributed by atoms with E-state index in [9.17, 15) is 24.9 Å². The van der Waals surface area contributed by atoms with E-state index < -0.39 is 11.9 Å². The fourth-order valence-electron chi connectivity index (χ4n) is 4.99. The first-order valence-electron chi connectivity index (χ1n) is 18.1. The highest BCUT2D eigenvalue weighted by Crippen LogP contribution is 2.36. The Bertz CT molecular complexity index is 1640. The van der Waals surface area contributed by atoms with Gasteiger partial charge in [0.15, 0.2) is 5.00 Å². The first kappa shape index (κ1) is 45.4. The first-order valence-corrected chi connectivity index (χ1v) is 18.9. The van der Waals surface area contributed by atoms with Crippen LogP contribution in [-0.2, 0) is 38.1 Å². The van der Waals surface area contributed by atoms with Crippen molar-refractivity contribution in [2.45, 2.75) is 60.3 Å². The predicted octanol–water partition coefficient (Wildman–Crippen LogP) is 7.63. The molecule has 1 heterocycles. The molecular formula is C40H53N5O8S. The Kier molecular flexibility index (Phi) is 22.7. The number of carbonyl (C=O) groups excluding carboxylic acids is 3. The van der Waals surface area contributed by atoms with Gasteiger partial charge in [-0.15, -0.1) is 21.6 Å². The van der Waals surface area contributed by atoms with Crippen molar-refractivity contribution < 1.29 is 38.1 Å². The molecule has 0 radical (unpaired) electrons. The van der Waals surface area contributed by atoms with Crippen LogP contribution in [0.4, 0.5) is 16.4 Å². The Morgan fingerprint density at radius 1 is 0.833 bits per heavy atom. The summed E-state index contributed by atoms with van der Waals surface area (Å²) >= 11 is 1.14. The number of hydrogen-bond acceptors (Lipinski definition) is 14. The van der Waals surface area contributed by atoms with Gasteiger partial charge in [-0.25, -0.2) is 0 Å². The molecule has 54 heavy (non-hydrogen) atoms. The largest absolute Gasteiger partial charge is 0.463 e. The number of rotatable bonds is 27. The number of azo groups is 1. The van der Waals surface area contributed by atoms with Crippen molar-refractivity contribution in [1.82, 2.24) is 0 Å². The molecule has 2 atom stereocenters. The van der Waals surface area contributed by atoms with Gasteiger partial charge in [0.05, 0.1) is 57.3 Å². The average Bonchev–Trinajstić information content (AvgIpc) is 3.48. The van der Waals surface area contributed by atoms with Crippen LogP contribution in [0, 0.1) is 48.3 Å². The van der Waals surface area contributed by atoms with Crippen LogP contribution in [0.25, 0.3) is 0 Å². The third-order valence-electron chi connectivity index (χ3n) is 8.09. The zero-order valence-electron chi connectivity index (χ0n) is 32.1. The molecule has 2 unspecified atom stereocenters. The highest BCUT2D eigenvalue weighted by molar-refractivity contribution is 7.16. The Morgan fingerprint density at radius 3 is 2.00 bits per heavy atom. The van der Waals surface area contributed by atoms with E-state index in [2.05, 4.69) is 27.3 Å². The highest BCUT2D eigenvalue weighted by atomic mass is 32.1. The van der Waals surface area contributed by atoms with Crippen molar-refractivity contribution >= 4 is 45.9 Å². The first-order chi connectivity index (χ1) is 26.2. The lowest BCUT2D eigenvalue weighted by Crippen LogP contribution is -2.31. The second kappa shape index (κ2) is 26.9. The fourth-order valence-corrected chi connectivity index (χ4v) is 5.87. The van der Waals surface area contributed by atoms with Gasteiger partial charge in [-0.3, -0.25) is 9.59 Å². The van der Waals surface area contributed by atoms with Crippen LogP contribution in [0.15, 0.2) is 52.7 Å². The molecule has 1 aromatic carbocycles. The number of aryl methyl sites for hydroxylation is 1. The van der Waals surface area contributed by atoms with E-state index in [1.165, 1.54) is 0 Å². The maximum Gasteiger partial charge on any atom is 0.306 e. The summed E-state index contributed by atoms with van der Waals surface area (Å²) in [7, 11) is 0. The van der Waals surface area contributed by atoms with Crippen molar-refractivity contribution in [2.24, 2.45) is 22.1 Å². The minimum Gasteiger partial charge on any atom is -0.463 e. The molecule has 0 amide bonds. The molecule has 14 heteroatoms. The lowest BCUT2D eigenvalue weighted by molar-refractivity contribution is -0.147. The molecule has 0 spiro atoms. The number of nitriles is 2. The number of nitrogens with zero attached hydrogens (tertiary/aromatic N) is 5. The molecule has 2 aromatic rings. The summed E-state index contributed by atoms with van der Waals surface area (Å²) in [6, 6.07) is 9.97. The van der Waals surface area contributed by atoms with Gasteiger partial charge in [0.25, 0.3) is 0 Å². The monoisotopic (exact) mass is 763 g/mol. The number of aldehydes is 1. The molecule has 0 aliphatic heterocycles. The van der Waals surface area contributed by atoms with Crippen LogP contribution < -0.4 is 4.90 Å². The molecule has 0 aliphatic carbocycles. The van der Waals surface area contributed by atoms with E-state index in [0.717, 1.165) is 35.3 Å². The van der Waals surface area contributed by atoms with Crippen LogP contribution in [0.2, 0.25) is 0 Å². The van der Waals surface area contributed by atoms with Crippen molar-refractivity contribution in [1.29, 1.82) is 10.5 Å². The number of benzene rings is 1. The lowest BCUT2D eigenvalue weighted by Gasteiger charge is -2.25. The maximum absolute atomic E-state index is 12.1. The summed E-state index contributed by atoms with van der Waals surface area (Å²) in [5.74, 6) is -0.847. The number of carbonyl (C=O) groups is 3. The molecule has 1 aromatic heterocycles. The van der Waals surface area contributed by atoms with Crippen molar-refractivity contribution in [2.75, 3.05) is 70.8 Å². The zero-order chi connectivity index (χ0) is 39.6. The van der Waals surface area contributed by atoms with E-state index in [1.807, 2.05) is 70.2 Å². The smallest absolute Gasteiger partial charge is 0.306 e. The van der Waals surface area contributed by atoms with E-state index in [4.69, 9.17) is 23.7 Å². The van der Waals surface area contributed by atoms with Crippen LogP contribution >= 0.6 is 11.3 Å². The summed E-state index contributed by atoms with van der Waals surface area (Å²) in [5, 5.41) is 27.9. The average molecular weight is 764 g/mol. The van der Waals surface area contributed by atoms with Crippen LogP contribution in [0.1, 0.15) is 68.0 Å². The van der Waals surface area contributed by atoms with Gasteiger partial charge in [0.2, 0.25) is 0 Å². The minimum absolute atomic E-state index is 0.0388. The standard InChI is InChI=1S/C40H53N5O8S/c1-6-8-10-30(3)24-38(47)52-22-20-50-17-15-45(14-16-49-18-19-51-21-23-53-39(48)26-33(29-46)11-9-7-2)34-12-13-36(31(4)25-34)43-44-40-35(27-41)32(5)37(28-42)54-40/h6-9,12-13,25,29-30,33H,10-11,14-24,26H2,1-5H3/b8-6+,9-7+,44-43?. The van der Waals surface area contributed by atoms with Crippen LogP contribution in [-0.4, -0.2) is 84.2 Å². The molecule has 0 saturated heterocycles. The highest BCUT2D eigenvalue weighted by Gasteiger charge is 2.16. The second-order valence-electron chi connectivity index (χ2n) is 12.4. The normalized spacial score (nSPS) is 12.5. The SMILES string of the molecule is C/C=C/CC(C)CC(=O)OCCOCCN(CCOCCOCCOC(=O)CC(C=O)C/C=C/C)c1ccc(N=Nc2sc(C#N)c(C)c2C#N)c(C)c1. The topological polar surface area (TPSA) is 173 Å². The van der Waals surface area contributed by atoms with Crippen molar-refractivity contribution in [3.05, 3.63) is 64.1 Å². The fraction of sp³-hybridized carbons (Fsp3) is 0.525. The molecule has 13 nitrogen and oxygen atoms in total. The molecule has 0 aliphatic rings. The van der Waals surface area contributed by atoms with Crippen LogP contribution in [0.5, 0.6) is 0 Å². The van der Waals surface area contributed by atoms with Crippen molar-refractivity contribution in [3.8, 4) is 12.1 Å². The molecule has 0 N–H and O–H groups in total. The van der Waals surface area contributed by atoms with Gasteiger partial charge in [0.1, 0.15) is 36.5 Å². The zero-order valence-corrected chi connectivity index (χ0v) is 32.9. The summed E-state index contributed by atoms with van der Waals surface area (Å²) in [5.41, 5.74) is 3.36. The Hall–Kier alpha value is -4.73. The molecular weight excluding hydrogens is 711 g/mol. The van der Waals surface area contributed by atoms with Gasteiger partial charge in [-0.05, 0) is 75.8 Å². The summed E-state index contributed by atoms with van der Waals surface area (Å²) < 4.78 is 27.7. The van der Waals surface area contributed by atoms with Gasteiger partial charge >= 0.3 is 11.9 Å². The van der Waals surface area contributed by atoms with Crippen LogP contribution in [0.3, 0.4) is 0 Å². The third kappa shape index (κ3) is 17.4.